The molecule has 10 heteroatoms. The van der Waals surface area contributed by atoms with Crippen molar-refractivity contribution < 1.29 is 9.59 Å². The molecule has 2 aromatic rings. The highest BCUT2D eigenvalue weighted by molar-refractivity contribution is 5.94. The Kier molecular flexibility index (Phi) is 11.0. The fourth-order valence-electron chi connectivity index (χ4n) is 6.02. The van der Waals surface area contributed by atoms with E-state index in [9.17, 15) is 9.59 Å². The van der Waals surface area contributed by atoms with Gasteiger partial charge in [0, 0.05) is 57.7 Å². The Hall–Kier alpha value is -3.53. The van der Waals surface area contributed by atoms with E-state index in [0.29, 0.717) is 52.3 Å². The molecule has 5 rings (SSSR count). The van der Waals surface area contributed by atoms with Crippen LogP contribution in [0.3, 0.4) is 0 Å². The van der Waals surface area contributed by atoms with Crippen molar-refractivity contribution in [1.82, 2.24) is 34.6 Å². The second-order valence-electron chi connectivity index (χ2n) is 14.4. The van der Waals surface area contributed by atoms with Crippen LogP contribution in [0.5, 0.6) is 0 Å². The monoisotopic (exact) mass is 604 g/mol. The predicted molar refractivity (Wildman–Crippen MR) is 176 cm³/mol. The Morgan fingerprint density at radius 1 is 0.955 bits per heavy atom. The number of hydrogen-bond acceptors (Lipinski definition) is 7. The molecule has 2 unspecified atom stereocenters. The zero-order valence-electron chi connectivity index (χ0n) is 27.9. The molecule has 10 nitrogen and oxygen atoms in total. The minimum Gasteiger partial charge on any atom is -0.343 e. The summed E-state index contributed by atoms with van der Waals surface area (Å²) in [5, 5.41) is 6.75. The van der Waals surface area contributed by atoms with Crippen LogP contribution in [0.15, 0.2) is 36.7 Å². The van der Waals surface area contributed by atoms with E-state index in [1.54, 1.807) is 49.6 Å². The van der Waals surface area contributed by atoms with Crippen LogP contribution < -0.4 is 10.6 Å². The molecule has 1 saturated carbocycles. The molecule has 1 aliphatic carbocycles. The summed E-state index contributed by atoms with van der Waals surface area (Å²) >= 11 is 0. The summed E-state index contributed by atoms with van der Waals surface area (Å²) in [6.07, 6.45) is 9.75. The first-order chi connectivity index (χ1) is 20.8. The lowest BCUT2D eigenvalue weighted by atomic mass is 9.87. The zero-order valence-corrected chi connectivity index (χ0v) is 27.9. The first-order valence-corrected chi connectivity index (χ1v) is 16.1. The molecule has 2 saturated heterocycles. The molecule has 2 aliphatic heterocycles. The Bertz CT molecular complexity index is 1320. The quantitative estimate of drug-likeness (QED) is 0.435. The molecule has 0 aromatic carbocycles. The smallest absolute Gasteiger partial charge is 0.270 e. The third-order valence-corrected chi connectivity index (χ3v) is 8.14. The molecular weight excluding hydrogens is 552 g/mol. The topological polar surface area (TPSA) is 108 Å². The maximum atomic E-state index is 13.2. The Morgan fingerprint density at radius 2 is 1.59 bits per heavy atom. The normalized spacial score (nSPS) is 22.8. The Labute approximate surface area is 263 Å². The fraction of sp³-hybridized carbons (Fsp3) is 0.618. The second kappa shape index (κ2) is 14.5. The zero-order chi connectivity index (χ0) is 32.0. The lowest BCUT2D eigenvalue weighted by molar-refractivity contribution is 0.0696. The number of aryl methyl sites for hydroxylation is 1. The first-order valence-electron chi connectivity index (χ1n) is 16.1. The summed E-state index contributed by atoms with van der Waals surface area (Å²) in [4.78, 5) is 43.6. The van der Waals surface area contributed by atoms with Gasteiger partial charge in [-0.15, -0.1) is 0 Å². The van der Waals surface area contributed by atoms with Gasteiger partial charge in [-0.05, 0) is 81.0 Å². The van der Waals surface area contributed by atoms with E-state index in [1.165, 1.54) is 0 Å². The molecule has 2 N–H and O–H groups in total. The third kappa shape index (κ3) is 9.24. The number of anilines is 2. The van der Waals surface area contributed by atoms with E-state index >= 15 is 0 Å². The number of piperazine rings is 1. The van der Waals surface area contributed by atoms with Crippen molar-refractivity contribution >= 4 is 23.6 Å². The molecule has 0 radical (unpaired) electrons. The van der Waals surface area contributed by atoms with E-state index in [4.69, 9.17) is 4.98 Å². The molecule has 4 heterocycles. The van der Waals surface area contributed by atoms with Crippen LogP contribution in [0.1, 0.15) is 106 Å². The highest BCUT2D eigenvalue weighted by Gasteiger charge is 2.34. The van der Waals surface area contributed by atoms with Gasteiger partial charge in [0.1, 0.15) is 17.3 Å². The highest BCUT2D eigenvalue weighted by atomic mass is 16.2. The van der Waals surface area contributed by atoms with Crippen molar-refractivity contribution in [1.29, 1.82) is 0 Å². The minimum atomic E-state index is -0.0661. The van der Waals surface area contributed by atoms with Gasteiger partial charge in [0.05, 0.1) is 5.56 Å². The van der Waals surface area contributed by atoms with Gasteiger partial charge in [-0.1, -0.05) is 34.6 Å². The average Bonchev–Trinajstić information content (AvgIpc) is 3.33. The van der Waals surface area contributed by atoms with Crippen LogP contribution in [-0.2, 0) is 0 Å². The predicted octanol–water partition coefficient (Wildman–Crippen LogP) is 5.93. The van der Waals surface area contributed by atoms with Crippen LogP contribution in [0, 0.1) is 18.3 Å². The number of carbonyl (C=O) groups excluding carboxylic acids is 2. The Balaban J connectivity index is 0.000000818. The summed E-state index contributed by atoms with van der Waals surface area (Å²) in [7, 11) is 3.53. The standard InChI is InChI=1S/C29H40N8O2.C5H12/c1-19-7-12-24(13-8-19)37-20(2)32-29(30-15-5-6-25(37)28(39)35(3)4)34-26-14-9-21(16-31-26)27(38)36-17-22-10-11-23(18-36)33-22;1-5(2,3)4/h5-6,9,14-16,19,22-24,33H,7-8,10-13,17-18H2,1-4H3,(H,30,31,34);1-4H3. The molecule has 2 amide bonds. The van der Waals surface area contributed by atoms with Crippen LogP contribution in [0.2, 0.25) is 0 Å². The number of pyridine rings is 1. The summed E-state index contributed by atoms with van der Waals surface area (Å²) < 4.78 is 2.08. The summed E-state index contributed by atoms with van der Waals surface area (Å²) in [5.74, 6) is 2.26. The van der Waals surface area contributed by atoms with Gasteiger partial charge < -0.3 is 25.0 Å². The van der Waals surface area contributed by atoms with Gasteiger partial charge in [0.2, 0.25) is 5.95 Å². The van der Waals surface area contributed by atoms with Crippen molar-refractivity contribution in [3.63, 3.8) is 0 Å². The van der Waals surface area contributed by atoms with Crippen LogP contribution in [0.4, 0.5) is 11.8 Å². The van der Waals surface area contributed by atoms with Crippen molar-refractivity contribution in [2.45, 2.75) is 98.2 Å². The molecule has 2 aromatic heterocycles. The van der Waals surface area contributed by atoms with Gasteiger partial charge in [-0.2, -0.15) is 4.98 Å². The largest absolute Gasteiger partial charge is 0.343 e. The van der Waals surface area contributed by atoms with Gasteiger partial charge in [-0.3, -0.25) is 9.59 Å². The van der Waals surface area contributed by atoms with E-state index in [2.05, 4.69) is 59.8 Å². The maximum Gasteiger partial charge on any atom is 0.270 e. The van der Waals surface area contributed by atoms with E-state index in [1.807, 2.05) is 17.9 Å². The molecule has 2 atom stereocenters. The highest BCUT2D eigenvalue weighted by Crippen LogP contribution is 2.33. The summed E-state index contributed by atoms with van der Waals surface area (Å²) in [6.45, 7) is 14.5. The lowest BCUT2D eigenvalue weighted by Gasteiger charge is -2.32. The SMILES string of the molecule is CC(C)(C)C.Cc1nc(Nc2ccc(C(=O)N3CC4CCC(C3)N4)cn2)ncccc(C(=O)N(C)C)n1C1CCC(C)CC1. The van der Waals surface area contributed by atoms with Crippen LogP contribution in [0.25, 0.3) is 0 Å². The number of nitrogens with zero attached hydrogens (tertiary/aromatic N) is 6. The lowest BCUT2D eigenvalue weighted by Crippen LogP contribution is -2.53. The maximum absolute atomic E-state index is 13.2. The minimum absolute atomic E-state index is 0.0191. The van der Waals surface area contributed by atoms with Crippen molar-refractivity contribution in [3.8, 4) is 0 Å². The van der Waals surface area contributed by atoms with Gasteiger partial charge in [-0.25, -0.2) is 9.97 Å². The number of amides is 2. The van der Waals surface area contributed by atoms with Crippen molar-refractivity contribution in [2.24, 2.45) is 11.3 Å². The number of hydrogen-bond donors (Lipinski definition) is 2. The number of carbonyl (C=O) groups is 2. The third-order valence-electron chi connectivity index (χ3n) is 8.14. The second-order valence-corrected chi connectivity index (χ2v) is 14.4. The number of likely N-dealkylation sites (tertiary alicyclic amines) is 1. The number of rotatable bonds is 5. The summed E-state index contributed by atoms with van der Waals surface area (Å²) in [5.41, 5.74) is 1.67. The summed E-state index contributed by atoms with van der Waals surface area (Å²) in [6, 6.07) is 8.18. The van der Waals surface area contributed by atoms with Gasteiger partial charge in [0.25, 0.3) is 11.8 Å². The molecule has 3 aliphatic rings. The molecule has 3 fully saturated rings. The first kappa shape index (κ1) is 33.4. The van der Waals surface area contributed by atoms with Gasteiger partial charge in [0.15, 0.2) is 0 Å². The number of nitrogens with one attached hydrogen (secondary N) is 2. The number of aromatic nitrogens is 4. The fourth-order valence-corrected chi connectivity index (χ4v) is 6.02. The van der Waals surface area contributed by atoms with Crippen LogP contribution in [-0.4, -0.2) is 80.4 Å². The number of fused-ring (bicyclic) bond motifs is 2. The van der Waals surface area contributed by atoms with Crippen molar-refractivity contribution in [3.05, 3.63) is 53.7 Å². The van der Waals surface area contributed by atoms with E-state index in [-0.39, 0.29) is 17.9 Å². The molecule has 0 spiro atoms. The van der Waals surface area contributed by atoms with Crippen LogP contribution >= 0.6 is 0 Å². The molecule has 2 bridgehead atoms. The molecule has 240 valence electrons. The Morgan fingerprint density at radius 3 is 2.16 bits per heavy atom. The molecule has 44 heavy (non-hydrogen) atoms. The van der Waals surface area contributed by atoms with E-state index in [0.717, 1.165) is 51.6 Å². The van der Waals surface area contributed by atoms with Gasteiger partial charge >= 0.3 is 0 Å². The molecular formula is C34H52N8O2. The van der Waals surface area contributed by atoms with Crippen molar-refractivity contribution in [2.75, 3.05) is 32.5 Å². The van der Waals surface area contributed by atoms with E-state index < -0.39 is 0 Å². The average molecular weight is 605 g/mol.